The molecule has 2 aromatic carbocycles. The summed E-state index contributed by atoms with van der Waals surface area (Å²) in [7, 11) is 0. The van der Waals surface area contributed by atoms with E-state index in [-0.39, 0.29) is 6.10 Å². The summed E-state index contributed by atoms with van der Waals surface area (Å²) in [5.74, 6) is 1.24. The van der Waals surface area contributed by atoms with E-state index in [1.54, 1.807) is 0 Å². The van der Waals surface area contributed by atoms with Crippen molar-refractivity contribution < 1.29 is 9.84 Å². The van der Waals surface area contributed by atoms with Gasteiger partial charge in [0.2, 0.25) is 0 Å². The van der Waals surface area contributed by atoms with Crippen LogP contribution < -0.4 is 4.74 Å². The quantitative estimate of drug-likeness (QED) is 0.912. The molecule has 3 rings (SSSR count). The number of fused-ring (bicyclic) bond motifs is 1. The van der Waals surface area contributed by atoms with Gasteiger partial charge >= 0.3 is 0 Å². The van der Waals surface area contributed by atoms with Gasteiger partial charge in [0.15, 0.2) is 0 Å². The maximum Gasteiger partial charge on any atom is 0.129 e. The lowest BCUT2D eigenvalue weighted by Crippen LogP contribution is -2.32. The normalized spacial score (nSPS) is 24.4. The molecule has 0 aliphatic heterocycles. The number of rotatable bonds is 3. The van der Waals surface area contributed by atoms with Crippen LogP contribution in [0.4, 0.5) is 0 Å². The predicted octanol–water partition coefficient (Wildman–Crippen LogP) is 4.24. The Kier molecular flexibility index (Phi) is 3.98. The number of aliphatic hydroxyl groups excluding tert-OH is 1. The van der Waals surface area contributed by atoms with Crippen molar-refractivity contribution in [2.75, 3.05) is 0 Å². The van der Waals surface area contributed by atoms with Gasteiger partial charge in [-0.05, 0) is 47.6 Å². The van der Waals surface area contributed by atoms with Crippen LogP contribution in [-0.2, 0) is 6.42 Å². The highest BCUT2D eigenvalue weighted by Crippen LogP contribution is 2.39. The molecule has 1 aliphatic carbocycles. The van der Waals surface area contributed by atoms with Crippen LogP contribution in [0.5, 0.6) is 5.75 Å². The Balaban J connectivity index is 1.80. The molecule has 0 fully saturated rings. The van der Waals surface area contributed by atoms with Gasteiger partial charge in [0, 0.05) is 0 Å². The van der Waals surface area contributed by atoms with Crippen molar-refractivity contribution in [3.05, 3.63) is 65.2 Å². The molecular weight excluding hydrogens is 260 g/mol. The third-order valence-electron chi connectivity index (χ3n) is 4.40. The van der Waals surface area contributed by atoms with Crippen molar-refractivity contribution in [2.24, 2.45) is 0 Å². The van der Waals surface area contributed by atoms with Crippen molar-refractivity contribution >= 4 is 0 Å². The van der Waals surface area contributed by atoms with E-state index >= 15 is 0 Å². The Morgan fingerprint density at radius 3 is 2.38 bits per heavy atom. The fourth-order valence-electron chi connectivity index (χ4n) is 3.12. The van der Waals surface area contributed by atoms with Gasteiger partial charge < -0.3 is 9.84 Å². The Hall–Kier alpha value is -1.80. The highest BCUT2D eigenvalue weighted by atomic mass is 16.5. The number of aliphatic hydroxyl groups is 1. The molecule has 0 spiro atoms. The Morgan fingerprint density at radius 1 is 1.05 bits per heavy atom. The number of hydrogen-bond donors (Lipinski definition) is 1. The van der Waals surface area contributed by atoms with Gasteiger partial charge in [0.05, 0.1) is 0 Å². The molecule has 0 heterocycles. The topological polar surface area (TPSA) is 29.5 Å². The summed E-state index contributed by atoms with van der Waals surface area (Å²) in [6.45, 7) is 4.33. The average molecular weight is 282 g/mol. The van der Waals surface area contributed by atoms with Crippen LogP contribution in [0.15, 0.2) is 48.5 Å². The van der Waals surface area contributed by atoms with Crippen LogP contribution >= 0.6 is 0 Å². The molecule has 0 aromatic heterocycles. The van der Waals surface area contributed by atoms with Crippen LogP contribution in [-0.4, -0.2) is 11.2 Å². The van der Waals surface area contributed by atoms with Crippen molar-refractivity contribution in [3.8, 4) is 5.75 Å². The number of ether oxygens (including phenoxy) is 1. The summed E-state index contributed by atoms with van der Waals surface area (Å²) in [4.78, 5) is 0. The van der Waals surface area contributed by atoms with Gasteiger partial charge in [0.1, 0.15) is 18.0 Å². The zero-order chi connectivity index (χ0) is 14.8. The van der Waals surface area contributed by atoms with Crippen molar-refractivity contribution in [3.63, 3.8) is 0 Å². The Bertz CT molecular complexity index is 603. The third kappa shape index (κ3) is 2.81. The van der Waals surface area contributed by atoms with Gasteiger partial charge in [-0.2, -0.15) is 0 Å². The highest BCUT2D eigenvalue weighted by molar-refractivity contribution is 5.36. The summed E-state index contributed by atoms with van der Waals surface area (Å²) in [6, 6.07) is 16.3. The summed E-state index contributed by atoms with van der Waals surface area (Å²) in [5, 5.41) is 10.6. The lowest BCUT2D eigenvalue weighted by Gasteiger charge is -2.34. The molecule has 0 amide bonds. The molecule has 0 saturated heterocycles. The molecule has 2 aromatic rings. The van der Waals surface area contributed by atoms with Crippen LogP contribution in [0.3, 0.4) is 0 Å². The van der Waals surface area contributed by atoms with Gasteiger partial charge in [-0.3, -0.25) is 0 Å². The first-order valence-electron chi connectivity index (χ1n) is 7.71. The largest absolute Gasteiger partial charge is 0.487 e. The first-order valence-corrected chi connectivity index (χ1v) is 7.71. The van der Waals surface area contributed by atoms with Crippen molar-refractivity contribution in [1.29, 1.82) is 0 Å². The molecule has 0 saturated carbocycles. The zero-order valence-electron chi connectivity index (χ0n) is 12.6. The summed E-state index contributed by atoms with van der Waals surface area (Å²) >= 11 is 0. The SMILES string of the molecule is CCc1ccc(OC2CC(C)c3ccccc3C2O)cc1. The first-order chi connectivity index (χ1) is 10.2. The molecule has 3 atom stereocenters. The third-order valence-corrected chi connectivity index (χ3v) is 4.40. The summed E-state index contributed by atoms with van der Waals surface area (Å²) in [6.07, 6.45) is 1.13. The van der Waals surface area contributed by atoms with E-state index in [2.05, 4.69) is 32.0 Å². The van der Waals surface area contributed by atoms with Crippen molar-refractivity contribution in [2.45, 2.75) is 44.8 Å². The smallest absolute Gasteiger partial charge is 0.129 e. The predicted molar refractivity (Wildman–Crippen MR) is 84.7 cm³/mol. The van der Waals surface area contributed by atoms with Gasteiger partial charge in [-0.1, -0.05) is 50.2 Å². The second-order valence-corrected chi connectivity index (χ2v) is 5.86. The standard InChI is InChI=1S/C19H22O2/c1-3-14-8-10-15(11-9-14)21-18-12-13(2)16-6-4-5-7-17(16)19(18)20/h4-11,13,18-20H,3,12H2,1-2H3. The van der Waals surface area contributed by atoms with E-state index in [1.165, 1.54) is 11.1 Å². The van der Waals surface area contributed by atoms with Gasteiger partial charge in [0.25, 0.3) is 0 Å². The van der Waals surface area contributed by atoms with Crippen LogP contribution in [0.1, 0.15) is 49.0 Å². The lowest BCUT2D eigenvalue weighted by molar-refractivity contribution is 0.0179. The molecule has 21 heavy (non-hydrogen) atoms. The second kappa shape index (κ2) is 5.90. The van der Waals surface area contributed by atoms with E-state index in [9.17, 15) is 5.11 Å². The molecule has 0 radical (unpaired) electrons. The maximum absolute atomic E-state index is 10.6. The van der Waals surface area contributed by atoms with E-state index in [4.69, 9.17) is 4.74 Å². The van der Waals surface area contributed by atoms with Gasteiger partial charge in [-0.15, -0.1) is 0 Å². The summed E-state index contributed by atoms with van der Waals surface area (Å²) in [5.41, 5.74) is 3.54. The molecular formula is C19H22O2. The van der Waals surface area contributed by atoms with E-state index < -0.39 is 6.10 Å². The average Bonchev–Trinajstić information content (AvgIpc) is 2.53. The highest BCUT2D eigenvalue weighted by Gasteiger charge is 2.33. The lowest BCUT2D eigenvalue weighted by atomic mass is 9.80. The van der Waals surface area contributed by atoms with Crippen molar-refractivity contribution in [1.82, 2.24) is 0 Å². The Labute approximate surface area is 126 Å². The Morgan fingerprint density at radius 2 is 1.71 bits per heavy atom. The van der Waals surface area contributed by atoms with Crippen LogP contribution in [0.2, 0.25) is 0 Å². The molecule has 2 nitrogen and oxygen atoms in total. The fourth-order valence-corrected chi connectivity index (χ4v) is 3.12. The molecule has 110 valence electrons. The van der Waals surface area contributed by atoms with E-state index in [0.29, 0.717) is 5.92 Å². The van der Waals surface area contributed by atoms with Gasteiger partial charge in [-0.25, -0.2) is 0 Å². The monoisotopic (exact) mass is 282 g/mol. The molecule has 1 N–H and O–H groups in total. The second-order valence-electron chi connectivity index (χ2n) is 5.86. The van der Waals surface area contributed by atoms with E-state index in [0.717, 1.165) is 24.2 Å². The maximum atomic E-state index is 10.6. The minimum atomic E-state index is -0.553. The zero-order valence-corrected chi connectivity index (χ0v) is 12.6. The van der Waals surface area contributed by atoms with Crippen LogP contribution in [0, 0.1) is 0 Å². The minimum Gasteiger partial charge on any atom is -0.487 e. The molecule has 1 aliphatic rings. The number of hydrogen-bond acceptors (Lipinski definition) is 2. The molecule has 3 unspecified atom stereocenters. The number of aryl methyl sites for hydroxylation is 1. The molecule has 0 bridgehead atoms. The molecule has 2 heteroatoms. The van der Waals surface area contributed by atoms with E-state index in [1.807, 2.05) is 30.3 Å². The van der Waals surface area contributed by atoms with Crippen LogP contribution in [0.25, 0.3) is 0 Å². The summed E-state index contributed by atoms with van der Waals surface area (Å²) < 4.78 is 6.04. The minimum absolute atomic E-state index is 0.178. The fraction of sp³-hybridized carbons (Fsp3) is 0.368. The number of benzene rings is 2. The first kappa shape index (κ1) is 14.2.